The van der Waals surface area contributed by atoms with E-state index in [0.29, 0.717) is 16.8 Å². The normalized spacial score (nSPS) is 20.0. The molecule has 0 aromatic carbocycles. The number of nitrogens with one attached hydrogen (secondary N) is 3. The van der Waals surface area contributed by atoms with Crippen LogP contribution in [0.5, 0.6) is 0 Å². The molecule has 0 saturated carbocycles. The summed E-state index contributed by atoms with van der Waals surface area (Å²) in [5.74, 6) is -0.135. The Morgan fingerprint density at radius 3 is 2.90 bits per heavy atom. The van der Waals surface area contributed by atoms with E-state index in [1.807, 2.05) is 30.6 Å². The molecule has 4 heterocycles. The predicted molar refractivity (Wildman–Crippen MR) is 115 cm³/mol. The maximum absolute atomic E-state index is 12.4. The number of piperidine rings is 1. The van der Waals surface area contributed by atoms with Crippen LogP contribution in [0.3, 0.4) is 0 Å². The van der Waals surface area contributed by atoms with Crippen molar-refractivity contribution in [1.29, 1.82) is 0 Å². The summed E-state index contributed by atoms with van der Waals surface area (Å²) in [6.45, 7) is 4.08. The summed E-state index contributed by atoms with van der Waals surface area (Å²) in [6.07, 6.45) is 7.30. The van der Waals surface area contributed by atoms with E-state index >= 15 is 0 Å². The van der Waals surface area contributed by atoms with E-state index in [2.05, 4.69) is 37.4 Å². The molecule has 1 fully saturated rings. The number of fused-ring (bicyclic) bond motifs is 1. The van der Waals surface area contributed by atoms with Crippen LogP contribution >= 0.6 is 11.6 Å². The fraction of sp³-hybridized carbons (Fsp3) is 0.381. The first-order chi connectivity index (χ1) is 14.0. The van der Waals surface area contributed by atoms with Crippen LogP contribution in [-0.2, 0) is 6.54 Å². The lowest BCUT2D eigenvalue weighted by Gasteiger charge is -2.38. The highest BCUT2D eigenvalue weighted by atomic mass is 35.5. The molecule has 8 heteroatoms. The number of carbonyl (C=O) groups is 1. The Hall–Kier alpha value is -2.64. The molecule has 7 nitrogen and oxygen atoms in total. The van der Waals surface area contributed by atoms with Crippen LogP contribution in [-0.4, -0.2) is 51.4 Å². The van der Waals surface area contributed by atoms with Gasteiger partial charge in [-0.25, -0.2) is 9.97 Å². The topological polar surface area (TPSA) is 85.9 Å². The van der Waals surface area contributed by atoms with Crippen molar-refractivity contribution >= 4 is 34.2 Å². The van der Waals surface area contributed by atoms with Gasteiger partial charge in [-0.3, -0.25) is 9.69 Å². The number of rotatable bonds is 5. The van der Waals surface area contributed by atoms with Gasteiger partial charge in [0.25, 0.3) is 5.91 Å². The summed E-state index contributed by atoms with van der Waals surface area (Å²) in [7, 11) is 1.64. The molecular formula is C21H25ClN6O. The van der Waals surface area contributed by atoms with Crippen molar-refractivity contribution in [2.45, 2.75) is 38.4 Å². The molecule has 1 amide bonds. The van der Waals surface area contributed by atoms with Crippen LogP contribution < -0.4 is 10.6 Å². The number of H-pyrrole nitrogens is 1. The van der Waals surface area contributed by atoms with Crippen molar-refractivity contribution in [3.63, 3.8) is 0 Å². The monoisotopic (exact) mass is 412 g/mol. The summed E-state index contributed by atoms with van der Waals surface area (Å²) in [5, 5.41) is 7.81. The molecule has 1 aliphatic heterocycles. The molecule has 0 aliphatic carbocycles. The molecule has 0 spiro atoms. The number of halogens is 1. The zero-order chi connectivity index (χ0) is 20.4. The van der Waals surface area contributed by atoms with Gasteiger partial charge in [-0.2, -0.15) is 0 Å². The molecule has 2 atom stereocenters. The zero-order valence-corrected chi connectivity index (χ0v) is 17.3. The average molecular weight is 413 g/mol. The van der Waals surface area contributed by atoms with Gasteiger partial charge in [0.1, 0.15) is 10.8 Å². The minimum absolute atomic E-state index is 0.135. The van der Waals surface area contributed by atoms with Crippen LogP contribution in [0.1, 0.15) is 35.7 Å². The van der Waals surface area contributed by atoms with E-state index in [1.165, 1.54) is 0 Å². The Morgan fingerprint density at radius 2 is 2.17 bits per heavy atom. The van der Waals surface area contributed by atoms with Gasteiger partial charge < -0.3 is 15.6 Å². The Kier molecular flexibility index (Phi) is 5.69. The Labute approximate surface area is 174 Å². The third-order valence-electron chi connectivity index (χ3n) is 5.59. The molecule has 152 valence electrons. The van der Waals surface area contributed by atoms with E-state index < -0.39 is 0 Å². The van der Waals surface area contributed by atoms with E-state index in [-0.39, 0.29) is 11.9 Å². The van der Waals surface area contributed by atoms with Gasteiger partial charge in [0.05, 0.1) is 11.3 Å². The van der Waals surface area contributed by atoms with E-state index in [0.717, 1.165) is 48.2 Å². The second-order valence-corrected chi connectivity index (χ2v) is 7.93. The molecule has 0 radical (unpaired) electrons. The minimum Gasteiger partial charge on any atom is -0.381 e. The second-order valence-electron chi connectivity index (χ2n) is 7.54. The predicted octanol–water partition coefficient (Wildman–Crippen LogP) is 3.44. The van der Waals surface area contributed by atoms with Crippen molar-refractivity contribution in [2.24, 2.45) is 0 Å². The number of aromatic nitrogens is 3. The molecular weight excluding hydrogens is 388 g/mol. The number of amides is 1. The molecule has 0 unspecified atom stereocenters. The summed E-state index contributed by atoms with van der Waals surface area (Å²) < 4.78 is 0. The maximum Gasteiger partial charge on any atom is 0.254 e. The number of aromatic amines is 1. The molecule has 1 aliphatic rings. The first-order valence-electron chi connectivity index (χ1n) is 9.84. The highest BCUT2D eigenvalue weighted by Crippen LogP contribution is 2.29. The number of likely N-dealkylation sites (tertiary alicyclic amines) is 1. The van der Waals surface area contributed by atoms with Gasteiger partial charge in [-0.1, -0.05) is 17.7 Å². The smallest absolute Gasteiger partial charge is 0.254 e. The summed E-state index contributed by atoms with van der Waals surface area (Å²) in [4.78, 5) is 26.5. The van der Waals surface area contributed by atoms with Gasteiger partial charge in [-0.15, -0.1) is 0 Å². The molecule has 0 bridgehead atoms. The lowest BCUT2D eigenvalue weighted by molar-refractivity contribution is 0.0963. The number of hydrogen-bond donors (Lipinski definition) is 3. The second kappa shape index (κ2) is 8.39. The summed E-state index contributed by atoms with van der Waals surface area (Å²) >= 11 is 5.89. The minimum atomic E-state index is -0.135. The van der Waals surface area contributed by atoms with Gasteiger partial charge in [0, 0.05) is 56.2 Å². The quantitative estimate of drug-likeness (QED) is 0.559. The van der Waals surface area contributed by atoms with Crippen molar-refractivity contribution in [2.75, 3.05) is 18.9 Å². The van der Waals surface area contributed by atoms with Gasteiger partial charge in [-0.05, 0) is 37.5 Å². The molecule has 29 heavy (non-hydrogen) atoms. The lowest BCUT2D eigenvalue weighted by Crippen LogP contribution is -2.44. The number of anilines is 1. The Balaban J connectivity index is 1.48. The fourth-order valence-electron chi connectivity index (χ4n) is 4.00. The average Bonchev–Trinajstić information content (AvgIpc) is 3.20. The van der Waals surface area contributed by atoms with Gasteiger partial charge in [0.2, 0.25) is 0 Å². The summed E-state index contributed by atoms with van der Waals surface area (Å²) in [6, 6.07) is 6.52. The Morgan fingerprint density at radius 1 is 1.31 bits per heavy atom. The molecule has 3 aromatic rings. The molecule has 3 N–H and O–H groups in total. The summed E-state index contributed by atoms with van der Waals surface area (Å²) in [5.41, 5.74) is 3.36. The van der Waals surface area contributed by atoms with Gasteiger partial charge >= 0.3 is 0 Å². The largest absolute Gasteiger partial charge is 0.381 e. The van der Waals surface area contributed by atoms with Crippen LogP contribution in [0.25, 0.3) is 11.0 Å². The molecule has 1 saturated heterocycles. The number of nitrogens with zero attached hydrogens (tertiary/aromatic N) is 3. The number of carbonyl (C=O) groups excluding carboxylic acids is 1. The standard InChI is InChI=1S/C21H25ClN6O/c1-13-9-15(6-8-28(13)12-14-3-4-18(22)25-10-14)27-19-16-5-7-24-20(16)26-11-17(19)21(29)23-2/h3-5,7,10-11,13,15H,6,8-9,12H2,1-2H3,(H,23,29)(H2,24,26,27)/t13-,15-/m0/s1. The highest BCUT2D eigenvalue weighted by Gasteiger charge is 2.27. The van der Waals surface area contributed by atoms with Crippen molar-refractivity contribution in [3.8, 4) is 0 Å². The third-order valence-corrected chi connectivity index (χ3v) is 5.82. The zero-order valence-electron chi connectivity index (χ0n) is 16.6. The molecule has 4 rings (SSSR count). The van der Waals surface area contributed by atoms with Crippen molar-refractivity contribution in [1.82, 2.24) is 25.2 Å². The highest BCUT2D eigenvalue weighted by molar-refractivity contribution is 6.29. The fourth-order valence-corrected chi connectivity index (χ4v) is 4.11. The van der Waals surface area contributed by atoms with E-state index in [4.69, 9.17) is 11.6 Å². The SMILES string of the molecule is CNC(=O)c1cnc2[nH]ccc2c1N[C@H]1CCN(Cc2ccc(Cl)nc2)[C@@H](C)C1. The first kappa shape index (κ1) is 19.7. The molecule has 3 aromatic heterocycles. The number of pyridine rings is 2. The number of hydrogen-bond acceptors (Lipinski definition) is 5. The van der Waals surface area contributed by atoms with E-state index in [9.17, 15) is 4.79 Å². The maximum atomic E-state index is 12.4. The Bertz CT molecular complexity index is 1000. The lowest BCUT2D eigenvalue weighted by atomic mass is 9.96. The van der Waals surface area contributed by atoms with Crippen LogP contribution in [0.4, 0.5) is 5.69 Å². The van der Waals surface area contributed by atoms with E-state index in [1.54, 1.807) is 13.2 Å². The van der Waals surface area contributed by atoms with Crippen LogP contribution in [0.15, 0.2) is 36.8 Å². The first-order valence-corrected chi connectivity index (χ1v) is 10.2. The van der Waals surface area contributed by atoms with Crippen LogP contribution in [0.2, 0.25) is 5.15 Å². The van der Waals surface area contributed by atoms with Crippen molar-refractivity contribution in [3.05, 3.63) is 53.1 Å². The van der Waals surface area contributed by atoms with Crippen molar-refractivity contribution < 1.29 is 4.79 Å². The van der Waals surface area contributed by atoms with Gasteiger partial charge in [0.15, 0.2) is 0 Å². The third kappa shape index (κ3) is 4.21. The van der Waals surface area contributed by atoms with Crippen LogP contribution in [0, 0.1) is 0 Å².